The first-order valence-corrected chi connectivity index (χ1v) is 8.41. The zero-order valence-corrected chi connectivity index (χ0v) is 14.0. The van der Waals surface area contributed by atoms with Crippen molar-refractivity contribution >= 4 is 5.69 Å². The molecule has 1 N–H and O–H groups in total. The predicted octanol–water partition coefficient (Wildman–Crippen LogP) is 1.40. The molecular weight excluding hydrogens is 324 g/mol. The van der Waals surface area contributed by atoms with Gasteiger partial charge in [-0.15, -0.1) is 0 Å². The van der Waals surface area contributed by atoms with Gasteiger partial charge in [-0.1, -0.05) is 12.1 Å². The van der Waals surface area contributed by atoms with Gasteiger partial charge in [0.15, 0.2) is 11.7 Å². The maximum absolute atomic E-state index is 10.9. The van der Waals surface area contributed by atoms with Crippen molar-refractivity contribution < 1.29 is 14.4 Å². The van der Waals surface area contributed by atoms with Crippen LogP contribution in [0, 0.1) is 10.1 Å². The van der Waals surface area contributed by atoms with Crippen LogP contribution >= 0.6 is 0 Å². The van der Waals surface area contributed by atoms with Crippen LogP contribution in [0.5, 0.6) is 0 Å². The van der Waals surface area contributed by atoms with E-state index in [1.165, 1.54) is 12.1 Å². The first-order valence-electron chi connectivity index (χ1n) is 8.41. The molecule has 1 saturated heterocycles. The minimum absolute atomic E-state index is 0.0381. The fourth-order valence-electron chi connectivity index (χ4n) is 2.96. The molecule has 1 aliphatic rings. The summed E-state index contributed by atoms with van der Waals surface area (Å²) in [6.45, 7) is 5.67. The summed E-state index contributed by atoms with van der Waals surface area (Å²) in [5, 5.41) is 19.8. The number of oxazole rings is 1. The minimum Gasteiger partial charge on any atom is -0.441 e. The van der Waals surface area contributed by atoms with Crippen LogP contribution in [-0.2, 0) is 6.42 Å². The number of hydrogen-bond acceptors (Lipinski definition) is 7. The highest BCUT2D eigenvalue weighted by molar-refractivity contribution is 5.60. The maximum atomic E-state index is 10.9. The zero-order chi connectivity index (χ0) is 17.6. The third kappa shape index (κ3) is 4.62. The van der Waals surface area contributed by atoms with Crippen LogP contribution in [0.4, 0.5) is 5.69 Å². The van der Waals surface area contributed by atoms with Gasteiger partial charge in [-0.2, -0.15) is 0 Å². The van der Waals surface area contributed by atoms with E-state index >= 15 is 0 Å². The Kier molecular flexibility index (Phi) is 5.75. The lowest BCUT2D eigenvalue weighted by molar-refractivity contribution is -0.384. The summed E-state index contributed by atoms with van der Waals surface area (Å²) in [4.78, 5) is 19.3. The zero-order valence-electron chi connectivity index (χ0n) is 14.0. The van der Waals surface area contributed by atoms with Crippen molar-refractivity contribution in [3.63, 3.8) is 0 Å². The van der Waals surface area contributed by atoms with E-state index in [0.717, 1.165) is 39.3 Å². The fourth-order valence-corrected chi connectivity index (χ4v) is 2.96. The van der Waals surface area contributed by atoms with Crippen molar-refractivity contribution in [3.8, 4) is 11.3 Å². The number of non-ortho nitro benzene ring substituents is 1. The van der Waals surface area contributed by atoms with Gasteiger partial charge in [-0.05, 0) is 0 Å². The quantitative estimate of drug-likeness (QED) is 0.598. The molecule has 2 aromatic rings. The van der Waals surface area contributed by atoms with Crippen LogP contribution in [0.3, 0.4) is 0 Å². The number of benzene rings is 1. The third-order valence-electron chi connectivity index (χ3n) is 4.42. The number of nitro benzene ring substituents is 1. The number of nitrogens with zero attached hydrogens (tertiary/aromatic N) is 4. The van der Waals surface area contributed by atoms with Crippen molar-refractivity contribution in [2.24, 2.45) is 0 Å². The number of piperazine rings is 1. The number of aliphatic hydroxyl groups is 1. The number of aromatic nitrogens is 1. The molecule has 0 radical (unpaired) electrons. The van der Waals surface area contributed by atoms with E-state index in [-0.39, 0.29) is 12.3 Å². The van der Waals surface area contributed by atoms with Gasteiger partial charge in [-0.3, -0.25) is 15.0 Å². The standard InChI is InChI=1S/C17H22N4O4/c22-11-10-20-8-6-19(7-9-20)5-4-17-18-13-16(25-17)14-2-1-3-15(12-14)21(23)24/h1-3,12-13,22H,4-11H2. The Hall–Kier alpha value is -2.29. The van der Waals surface area contributed by atoms with Gasteiger partial charge in [0.2, 0.25) is 0 Å². The summed E-state index contributed by atoms with van der Waals surface area (Å²) in [6, 6.07) is 6.36. The molecule has 0 bridgehead atoms. The van der Waals surface area contributed by atoms with Gasteiger partial charge in [0.25, 0.3) is 5.69 Å². The first kappa shape index (κ1) is 17.5. The van der Waals surface area contributed by atoms with Gasteiger partial charge in [0, 0.05) is 63.4 Å². The van der Waals surface area contributed by atoms with Crippen LogP contribution in [0.25, 0.3) is 11.3 Å². The molecule has 1 aromatic carbocycles. The van der Waals surface area contributed by atoms with Crippen LogP contribution < -0.4 is 0 Å². The number of hydrogen-bond donors (Lipinski definition) is 1. The predicted molar refractivity (Wildman–Crippen MR) is 92.3 cm³/mol. The molecule has 1 aliphatic heterocycles. The average Bonchev–Trinajstić information content (AvgIpc) is 3.10. The van der Waals surface area contributed by atoms with Crippen LogP contribution in [0.2, 0.25) is 0 Å². The molecule has 1 aromatic heterocycles. The normalized spacial score (nSPS) is 16.2. The highest BCUT2D eigenvalue weighted by Crippen LogP contribution is 2.24. The van der Waals surface area contributed by atoms with Crippen LogP contribution in [0.1, 0.15) is 5.89 Å². The van der Waals surface area contributed by atoms with E-state index in [1.807, 2.05) is 0 Å². The first-order chi connectivity index (χ1) is 12.2. The molecule has 0 spiro atoms. The molecule has 0 aliphatic carbocycles. The van der Waals surface area contributed by atoms with Gasteiger partial charge in [0.1, 0.15) is 0 Å². The van der Waals surface area contributed by atoms with Crippen molar-refractivity contribution in [1.29, 1.82) is 0 Å². The van der Waals surface area contributed by atoms with E-state index in [4.69, 9.17) is 9.52 Å². The second kappa shape index (κ2) is 8.19. The maximum Gasteiger partial charge on any atom is 0.270 e. The van der Waals surface area contributed by atoms with Crippen molar-refractivity contribution in [1.82, 2.24) is 14.8 Å². The average molecular weight is 346 g/mol. The smallest absolute Gasteiger partial charge is 0.270 e. The second-order valence-corrected chi connectivity index (χ2v) is 6.08. The lowest BCUT2D eigenvalue weighted by atomic mass is 10.2. The van der Waals surface area contributed by atoms with Crippen molar-refractivity contribution in [3.05, 3.63) is 46.5 Å². The number of rotatable bonds is 7. The highest BCUT2D eigenvalue weighted by atomic mass is 16.6. The van der Waals surface area contributed by atoms with Gasteiger partial charge in [-0.25, -0.2) is 4.98 Å². The number of β-amino-alcohol motifs (C(OH)–C–C–N with tert-alkyl or cyclic N) is 1. The summed E-state index contributed by atoms with van der Waals surface area (Å²) >= 11 is 0. The second-order valence-electron chi connectivity index (χ2n) is 6.08. The molecule has 2 heterocycles. The van der Waals surface area contributed by atoms with Crippen LogP contribution in [0.15, 0.2) is 34.9 Å². The van der Waals surface area contributed by atoms with Crippen molar-refractivity contribution in [2.45, 2.75) is 6.42 Å². The van der Waals surface area contributed by atoms with Gasteiger partial charge >= 0.3 is 0 Å². The summed E-state index contributed by atoms with van der Waals surface area (Å²) in [7, 11) is 0. The molecule has 134 valence electrons. The summed E-state index contributed by atoms with van der Waals surface area (Å²) in [5.41, 5.74) is 0.696. The molecular formula is C17H22N4O4. The lowest BCUT2D eigenvalue weighted by Crippen LogP contribution is -2.47. The largest absolute Gasteiger partial charge is 0.441 e. The Labute approximate surface area is 145 Å². The molecule has 8 heteroatoms. The monoisotopic (exact) mass is 346 g/mol. The van der Waals surface area contributed by atoms with E-state index in [9.17, 15) is 10.1 Å². The molecule has 25 heavy (non-hydrogen) atoms. The minimum atomic E-state index is -0.419. The molecule has 3 rings (SSSR count). The van der Waals surface area contributed by atoms with E-state index < -0.39 is 4.92 Å². The summed E-state index contributed by atoms with van der Waals surface area (Å²) in [5.74, 6) is 1.19. The van der Waals surface area contributed by atoms with Crippen molar-refractivity contribution in [2.75, 3.05) is 45.9 Å². The SMILES string of the molecule is O=[N+]([O-])c1cccc(-c2cnc(CCN3CCN(CCO)CC3)o2)c1. The Morgan fingerprint density at radius 1 is 1.20 bits per heavy atom. The summed E-state index contributed by atoms with van der Waals surface area (Å²) in [6.07, 6.45) is 2.32. The van der Waals surface area contributed by atoms with Gasteiger partial charge < -0.3 is 14.4 Å². The third-order valence-corrected chi connectivity index (χ3v) is 4.42. The number of aliphatic hydroxyl groups excluding tert-OH is 1. The van der Waals surface area contributed by atoms with E-state index in [2.05, 4.69) is 14.8 Å². The van der Waals surface area contributed by atoms with Crippen LogP contribution in [-0.4, -0.2) is 70.7 Å². The molecule has 0 atom stereocenters. The fraction of sp³-hybridized carbons (Fsp3) is 0.471. The topological polar surface area (TPSA) is 95.9 Å². The Bertz CT molecular complexity index is 710. The van der Waals surface area contributed by atoms with E-state index in [0.29, 0.717) is 23.6 Å². The lowest BCUT2D eigenvalue weighted by Gasteiger charge is -2.34. The molecule has 0 amide bonds. The van der Waals surface area contributed by atoms with Gasteiger partial charge in [0.05, 0.1) is 17.7 Å². The summed E-state index contributed by atoms with van der Waals surface area (Å²) < 4.78 is 5.75. The number of nitro groups is 1. The molecule has 0 saturated carbocycles. The molecule has 8 nitrogen and oxygen atoms in total. The highest BCUT2D eigenvalue weighted by Gasteiger charge is 2.17. The molecule has 0 unspecified atom stereocenters. The Morgan fingerprint density at radius 3 is 2.60 bits per heavy atom. The Balaban J connectivity index is 1.54. The Morgan fingerprint density at radius 2 is 1.92 bits per heavy atom. The van der Waals surface area contributed by atoms with E-state index in [1.54, 1.807) is 18.3 Å². The molecule has 1 fully saturated rings.